The molecule has 1 atom stereocenters. The molecule has 15 heavy (non-hydrogen) atoms. The van der Waals surface area contributed by atoms with E-state index in [1.54, 1.807) is 17.1 Å². The van der Waals surface area contributed by atoms with Gasteiger partial charge in [-0.3, -0.25) is 9.48 Å². The van der Waals surface area contributed by atoms with Crippen LogP contribution in [0.5, 0.6) is 0 Å². The molecular formula is C9H13BrN4O. The highest BCUT2D eigenvalue weighted by Crippen LogP contribution is 2.05. The summed E-state index contributed by atoms with van der Waals surface area (Å²) in [4.78, 5) is 11.6. The van der Waals surface area contributed by atoms with Gasteiger partial charge in [-0.25, -0.2) is 0 Å². The van der Waals surface area contributed by atoms with Gasteiger partial charge in [0.25, 0.3) is 0 Å². The maximum Gasteiger partial charge on any atom is 0.241 e. The molecule has 1 unspecified atom stereocenters. The Labute approximate surface area is 96.4 Å². The maximum absolute atomic E-state index is 11.6. The number of carbonyl (C=O) groups excluding carboxylic acids is 1. The summed E-state index contributed by atoms with van der Waals surface area (Å²) in [5.74, 6) is 0.0132. The SMILES string of the molecule is O=C(Cn1cc(Br)cn1)NC1CCNC1. The second-order valence-electron chi connectivity index (χ2n) is 3.61. The van der Waals surface area contributed by atoms with Gasteiger partial charge >= 0.3 is 0 Å². The third-order valence-electron chi connectivity index (χ3n) is 2.33. The number of amides is 1. The molecule has 1 aromatic heterocycles. The first-order chi connectivity index (χ1) is 7.24. The molecule has 0 bridgehead atoms. The van der Waals surface area contributed by atoms with Crippen LogP contribution < -0.4 is 10.6 Å². The normalized spacial score (nSPS) is 20.5. The lowest BCUT2D eigenvalue weighted by molar-refractivity contribution is -0.122. The molecule has 82 valence electrons. The molecule has 2 rings (SSSR count). The summed E-state index contributed by atoms with van der Waals surface area (Å²) < 4.78 is 2.50. The fourth-order valence-corrected chi connectivity index (χ4v) is 1.95. The van der Waals surface area contributed by atoms with Crippen LogP contribution in [0, 0.1) is 0 Å². The van der Waals surface area contributed by atoms with E-state index in [-0.39, 0.29) is 18.5 Å². The van der Waals surface area contributed by atoms with E-state index in [2.05, 4.69) is 31.7 Å². The lowest BCUT2D eigenvalue weighted by atomic mass is 10.2. The van der Waals surface area contributed by atoms with Crippen LogP contribution in [-0.2, 0) is 11.3 Å². The first kappa shape index (κ1) is 10.6. The van der Waals surface area contributed by atoms with Gasteiger partial charge in [0.2, 0.25) is 5.91 Å². The minimum absolute atomic E-state index is 0.0132. The van der Waals surface area contributed by atoms with Crippen LogP contribution in [0.15, 0.2) is 16.9 Å². The van der Waals surface area contributed by atoms with Gasteiger partial charge in [-0.15, -0.1) is 0 Å². The van der Waals surface area contributed by atoms with Crippen molar-refractivity contribution in [3.63, 3.8) is 0 Å². The number of carbonyl (C=O) groups is 1. The number of aromatic nitrogens is 2. The van der Waals surface area contributed by atoms with Gasteiger partial charge in [-0.05, 0) is 28.9 Å². The van der Waals surface area contributed by atoms with Gasteiger partial charge < -0.3 is 10.6 Å². The van der Waals surface area contributed by atoms with Crippen molar-refractivity contribution in [1.29, 1.82) is 0 Å². The number of hydrogen-bond acceptors (Lipinski definition) is 3. The molecule has 5 nitrogen and oxygen atoms in total. The highest BCUT2D eigenvalue weighted by molar-refractivity contribution is 9.10. The Morgan fingerprint density at radius 1 is 1.80 bits per heavy atom. The summed E-state index contributed by atoms with van der Waals surface area (Å²) in [5.41, 5.74) is 0. The van der Waals surface area contributed by atoms with Crippen molar-refractivity contribution in [3.05, 3.63) is 16.9 Å². The number of rotatable bonds is 3. The summed E-state index contributed by atoms with van der Waals surface area (Å²) in [6, 6.07) is 0.275. The Bertz CT molecular complexity index is 346. The lowest BCUT2D eigenvalue weighted by Gasteiger charge is -2.10. The highest BCUT2D eigenvalue weighted by atomic mass is 79.9. The second kappa shape index (κ2) is 4.76. The number of hydrogen-bond donors (Lipinski definition) is 2. The Kier molecular flexibility index (Phi) is 3.37. The topological polar surface area (TPSA) is 59.0 Å². The predicted octanol–water partition coefficient (Wildman–Crippen LogP) is 0.124. The molecule has 0 spiro atoms. The van der Waals surface area contributed by atoms with Crippen LogP contribution in [0.25, 0.3) is 0 Å². The van der Waals surface area contributed by atoms with Crippen molar-refractivity contribution in [2.24, 2.45) is 0 Å². The van der Waals surface area contributed by atoms with E-state index in [4.69, 9.17) is 0 Å². The van der Waals surface area contributed by atoms with E-state index in [0.29, 0.717) is 0 Å². The fourth-order valence-electron chi connectivity index (χ4n) is 1.62. The molecule has 1 fully saturated rings. The highest BCUT2D eigenvalue weighted by Gasteiger charge is 2.16. The number of nitrogens with one attached hydrogen (secondary N) is 2. The first-order valence-corrected chi connectivity index (χ1v) is 5.71. The zero-order valence-electron chi connectivity index (χ0n) is 8.24. The average Bonchev–Trinajstić information content (AvgIpc) is 2.77. The van der Waals surface area contributed by atoms with Crippen LogP contribution in [0.1, 0.15) is 6.42 Å². The largest absolute Gasteiger partial charge is 0.350 e. The van der Waals surface area contributed by atoms with Crippen LogP contribution in [0.2, 0.25) is 0 Å². The Morgan fingerprint density at radius 3 is 3.27 bits per heavy atom. The van der Waals surface area contributed by atoms with Crippen molar-refractivity contribution in [3.8, 4) is 0 Å². The zero-order chi connectivity index (χ0) is 10.7. The maximum atomic E-state index is 11.6. The van der Waals surface area contributed by atoms with Crippen molar-refractivity contribution < 1.29 is 4.79 Å². The van der Waals surface area contributed by atoms with E-state index in [0.717, 1.165) is 24.0 Å². The third-order valence-corrected chi connectivity index (χ3v) is 2.74. The van der Waals surface area contributed by atoms with Crippen LogP contribution in [0.4, 0.5) is 0 Å². The molecule has 0 saturated carbocycles. The standard InChI is InChI=1S/C9H13BrN4O/c10-7-3-12-14(5-7)6-9(15)13-8-1-2-11-4-8/h3,5,8,11H,1-2,4,6H2,(H,13,15). The van der Waals surface area contributed by atoms with Gasteiger partial charge in [0.1, 0.15) is 6.54 Å². The molecule has 0 aliphatic carbocycles. The molecule has 1 aliphatic heterocycles. The molecule has 2 N–H and O–H groups in total. The molecule has 1 saturated heterocycles. The summed E-state index contributed by atoms with van der Waals surface area (Å²) in [5, 5.41) is 10.2. The first-order valence-electron chi connectivity index (χ1n) is 4.92. The number of nitrogens with zero attached hydrogens (tertiary/aromatic N) is 2. The summed E-state index contributed by atoms with van der Waals surface area (Å²) in [6.45, 7) is 2.13. The van der Waals surface area contributed by atoms with Gasteiger partial charge in [-0.1, -0.05) is 0 Å². The molecule has 2 heterocycles. The molecule has 0 aromatic carbocycles. The summed E-state index contributed by atoms with van der Waals surface area (Å²) in [6.07, 6.45) is 4.46. The molecule has 6 heteroatoms. The second-order valence-corrected chi connectivity index (χ2v) is 4.53. The van der Waals surface area contributed by atoms with E-state index in [9.17, 15) is 4.79 Å². The van der Waals surface area contributed by atoms with Crippen molar-refractivity contribution >= 4 is 21.8 Å². The van der Waals surface area contributed by atoms with E-state index < -0.39 is 0 Å². The summed E-state index contributed by atoms with van der Waals surface area (Å²) >= 11 is 3.29. The van der Waals surface area contributed by atoms with Gasteiger partial charge in [0.05, 0.1) is 10.7 Å². The van der Waals surface area contributed by atoms with Crippen LogP contribution >= 0.6 is 15.9 Å². The summed E-state index contributed by atoms with van der Waals surface area (Å²) in [7, 11) is 0. The quantitative estimate of drug-likeness (QED) is 0.822. The third kappa shape index (κ3) is 3.04. The van der Waals surface area contributed by atoms with Gasteiger partial charge in [0, 0.05) is 18.8 Å². The molecular weight excluding hydrogens is 260 g/mol. The number of halogens is 1. The molecule has 1 aliphatic rings. The van der Waals surface area contributed by atoms with Gasteiger partial charge in [-0.2, -0.15) is 5.10 Å². The van der Waals surface area contributed by atoms with Crippen molar-refractivity contribution in [1.82, 2.24) is 20.4 Å². The monoisotopic (exact) mass is 272 g/mol. The fraction of sp³-hybridized carbons (Fsp3) is 0.556. The molecule has 1 aromatic rings. The van der Waals surface area contributed by atoms with E-state index in [1.807, 2.05) is 0 Å². The predicted molar refractivity (Wildman–Crippen MR) is 59.3 cm³/mol. The lowest BCUT2D eigenvalue weighted by Crippen LogP contribution is -2.38. The van der Waals surface area contributed by atoms with Crippen LogP contribution in [-0.4, -0.2) is 34.8 Å². The smallest absolute Gasteiger partial charge is 0.241 e. The zero-order valence-corrected chi connectivity index (χ0v) is 9.83. The Morgan fingerprint density at radius 2 is 2.67 bits per heavy atom. The van der Waals surface area contributed by atoms with Crippen molar-refractivity contribution in [2.75, 3.05) is 13.1 Å². The minimum atomic E-state index is 0.0132. The minimum Gasteiger partial charge on any atom is -0.350 e. The van der Waals surface area contributed by atoms with Crippen LogP contribution in [0.3, 0.4) is 0 Å². The van der Waals surface area contributed by atoms with Crippen molar-refractivity contribution in [2.45, 2.75) is 19.0 Å². The molecule has 0 radical (unpaired) electrons. The molecule has 1 amide bonds. The van der Waals surface area contributed by atoms with E-state index in [1.165, 1.54) is 0 Å². The van der Waals surface area contributed by atoms with Gasteiger partial charge in [0.15, 0.2) is 0 Å². The Balaban J connectivity index is 1.81. The van der Waals surface area contributed by atoms with E-state index >= 15 is 0 Å². The average molecular weight is 273 g/mol. The Hall–Kier alpha value is -0.880.